The van der Waals surface area contributed by atoms with Crippen LogP contribution in [0.4, 0.5) is 0 Å². The molecule has 0 aromatic heterocycles. The quantitative estimate of drug-likeness (QED) is 0.731. The van der Waals surface area contributed by atoms with E-state index >= 15 is 0 Å². The van der Waals surface area contributed by atoms with Crippen LogP contribution in [0.5, 0.6) is 0 Å². The summed E-state index contributed by atoms with van der Waals surface area (Å²) in [7, 11) is 0. The van der Waals surface area contributed by atoms with Gasteiger partial charge in [0, 0.05) is 6.92 Å². The number of amides is 1. The van der Waals surface area contributed by atoms with Crippen LogP contribution in [-0.2, 0) is 4.79 Å². The molecule has 0 aromatic rings. The van der Waals surface area contributed by atoms with Crippen molar-refractivity contribution in [2.24, 2.45) is 17.8 Å². The Hall–Kier alpha value is -0.570. The predicted octanol–water partition coefficient (Wildman–Crippen LogP) is 1.55. The van der Waals surface area contributed by atoms with Gasteiger partial charge in [0.1, 0.15) is 0 Å². The molecule has 1 aliphatic carbocycles. The van der Waals surface area contributed by atoms with Gasteiger partial charge in [0.25, 0.3) is 0 Å². The Labute approximate surface area is 92.3 Å². The Morgan fingerprint density at radius 1 is 1.40 bits per heavy atom. The Morgan fingerprint density at radius 2 is 2.00 bits per heavy atom. The molecular weight excluding hydrogens is 190 g/mol. The maximum Gasteiger partial charge on any atom is 0.217 e. The van der Waals surface area contributed by atoms with E-state index in [2.05, 4.69) is 26.1 Å². The molecule has 0 aliphatic heterocycles. The van der Waals surface area contributed by atoms with Crippen LogP contribution in [0.1, 0.15) is 40.5 Å². The molecular formula is C12H23NO2. The first-order chi connectivity index (χ1) is 6.97. The van der Waals surface area contributed by atoms with Gasteiger partial charge < -0.3 is 10.4 Å². The number of rotatable bonds is 2. The zero-order valence-electron chi connectivity index (χ0n) is 10.2. The summed E-state index contributed by atoms with van der Waals surface area (Å²) >= 11 is 0. The third kappa shape index (κ3) is 2.71. The maximum absolute atomic E-state index is 11.0. The summed E-state index contributed by atoms with van der Waals surface area (Å²) in [5.74, 6) is 1.45. The molecule has 1 fully saturated rings. The fraction of sp³-hybridized carbons (Fsp3) is 0.917. The van der Waals surface area contributed by atoms with Crippen molar-refractivity contribution in [1.82, 2.24) is 5.32 Å². The normalized spacial score (nSPS) is 41.3. The number of hydrogen-bond acceptors (Lipinski definition) is 2. The molecule has 0 spiro atoms. The molecule has 1 saturated carbocycles. The second-order valence-electron chi connectivity index (χ2n) is 4.92. The van der Waals surface area contributed by atoms with E-state index in [1.54, 1.807) is 0 Å². The van der Waals surface area contributed by atoms with Crippen molar-refractivity contribution in [1.29, 1.82) is 0 Å². The lowest BCUT2D eigenvalue weighted by Crippen LogP contribution is -2.53. The van der Waals surface area contributed by atoms with Crippen molar-refractivity contribution >= 4 is 5.91 Å². The lowest BCUT2D eigenvalue weighted by atomic mass is 9.69. The lowest BCUT2D eigenvalue weighted by molar-refractivity contribution is -0.122. The zero-order chi connectivity index (χ0) is 11.6. The van der Waals surface area contributed by atoms with Crippen LogP contribution in [0, 0.1) is 17.8 Å². The van der Waals surface area contributed by atoms with E-state index in [0.717, 1.165) is 12.8 Å². The van der Waals surface area contributed by atoms with E-state index in [-0.39, 0.29) is 18.1 Å². The fourth-order valence-corrected chi connectivity index (χ4v) is 2.78. The fourth-order valence-electron chi connectivity index (χ4n) is 2.78. The first kappa shape index (κ1) is 12.5. The maximum atomic E-state index is 11.0. The highest BCUT2D eigenvalue weighted by molar-refractivity contribution is 5.73. The SMILES string of the molecule is CCC1C[C@H](O)C(NC(C)=O)[C@@H](C)[C@@H]1C. The number of aliphatic hydroxyl groups is 1. The van der Waals surface area contributed by atoms with E-state index < -0.39 is 0 Å². The van der Waals surface area contributed by atoms with Crippen LogP contribution < -0.4 is 5.32 Å². The monoisotopic (exact) mass is 213 g/mol. The Morgan fingerprint density at radius 3 is 2.47 bits per heavy atom. The van der Waals surface area contributed by atoms with Gasteiger partial charge in [-0.3, -0.25) is 4.79 Å². The van der Waals surface area contributed by atoms with Crippen molar-refractivity contribution in [3.8, 4) is 0 Å². The minimum atomic E-state index is -0.384. The molecule has 3 nitrogen and oxygen atoms in total. The van der Waals surface area contributed by atoms with Crippen LogP contribution in [0.25, 0.3) is 0 Å². The molecule has 1 aliphatic rings. The largest absolute Gasteiger partial charge is 0.391 e. The molecule has 5 atom stereocenters. The molecule has 0 radical (unpaired) electrons. The van der Waals surface area contributed by atoms with Crippen LogP contribution in [-0.4, -0.2) is 23.2 Å². The first-order valence-electron chi connectivity index (χ1n) is 5.92. The molecule has 2 unspecified atom stereocenters. The minimum absolute atomic E-state index is 0.0481. The minimum Gasteiger partial charge on any atom is -0.391 e. The molecule has 1 amide bonds. The molecule has 2 N–H and O–H groups in total. The molecule has 88 valence electrons. The number of aliphatic hydroxyl groups excluding tert-OH is 1. The molecule has 0 aromatic carbocycles. The van der Waals surface area contributed by atoms with Crippen LogP contribution >= 0.6 is 0 Å². The summed E-state index contributed by atoms with van der Waals surface area (Å²) < 4.78 is 0. The highest BCUT2D eigenvalue weighted by atomic mass is 16.3. The number of nitrogens with one attached hydrogen (secondary N) is 1. The van der Waals surface area contributed by atoms with Gasteiger partial charge in [0.15, 0.2) is 0 Å². The van der Waals surface area contributed by atoms with Crippen molar-refractivity contribution in [3.63, 3.8) is 0 Å². The summed E-state index contributed by atoms with van der Waals surface area (Å²) in [5, 5.41) is 12.9. The number of carbonyl (C=O) groups excluding carboxylic acids is 1. The number of hydrogen-bond donors (Lipinski definition) is 2. The van der Waals surface area contributed by atoms with Gasteiger partial charge in [-0.1, -0.05) is 27.2 Å². The second-order valence-corrected chi connectivity index (χ2v) is 4.92. The standard InChI is InChI=1S/C12H23NO2/c1-5-10-6-11(15)12(13-9(4)14)8(3)7(10)2/h7-8,10-12,15H,5-6H2,1-4H3,(H,13,14)/t7-,8-,10?,11-,12?/m0/s1. The summed E-state index contributed by atoms with van der Waals surface area (Å²) in [4.78, 5) is 11.0. The molecule has 1 rings (SSSR count). The van der Waals surface area contributed by atoms with Gasteiger partial charge in [0.2, 0.25) is 5.91 Å². The molecule has 15 heavy (non-hydrogen) atoms. The number of carbonyl (C=O) groups is 1. The molecule has 3 heteroatoms. The van der Waals surface area contributed by atoms with Gasteiger partial charge in [0.05, 0.1) is 12.1 Å². The second kappa shape index (κ2) is 4.97. The predicted molar refractivity (Wildman–Crippen MR) is 60.3 cm³/mol. The third-order valence-corrected chi connectivity index (χ3v) is 3.99. The van der Waals surface area contributed by atoms with Gasteiger partial charge in [-0.2, -0.15) is 0 Å². The summed E-state index contributed by atoms with van der Waals surface area (Å²) in [5.41, 5.74) is 0. The molecule has 0 bridgehead atoms. The van der Waals surface area contributed by atoms with E-state index in [9.17, 15) is 9.90 Å². The highest BCUT2D eigenvalue weighted by Gasteiger charge is 2.39. The van der Waals surface area contributed by atoms with Crippen molar-refractivity contribution < 1.29 is 9.90 Å². The van der Waals surface area contributed by atoms with Crippen LogP contribution in [0.3, 0.4) is 0 Å². The molecule has 0 saturated heterocycles. The summed E-state index contributed by atoms with van der Waals surface area (Å²) in [6, 6.07) is -0.0692. The van der Waals surface area contributed by atoms with E-state index in [4.69, 9.17) is 0 Å². The Balaban J connectivity index is 2.70. The average Bonchev–Trinajstić information content (AvgIpc) is 2.18. The average molecular weight is 213 g/mol. The highest BCUT2D eigenvalue weighted by Crippen LogP contribution is 2.36. The smallest absolute Gasteiger partial charge is 0.217 e. The summed E-state index contributed by atoms with van der Waals surface area (Å²) in [6.07, 6.45) is 1.53. The Bertz CT molecular complexity index is 230. The van der Waals surface area contributed by atoms with Crippen LogP contribution in [0.15, 0.2) is 0 Å². The Kier molecular flexibility index (Phi) is 4.14. The van der Waals surface area contributed by atoms with Gasteiger partial charge in [-0.25, -0.2) is 0 Å². The molecule has 0 heterocycles. The van der Waals surface area contributed by atoms with Crippen LogP contribution in [0.2, 0.25) is 0 Å². The third-order valence-electron chi connectivity index (χ3n) is 3.99. The van der Waals surface area contributed by atoms with E-state index in [1.165, 1.54) is 6.92 Å². The lowest BCUT2D eigenvalue weighted by Gasteiger charge is -2.43. The first-order valence-corrected chi connectivity index (χ1v) is 5.92. The van der Waals surface area contributed by atoms with Gasteiger partial charge in [-0.05, 0) is 24.2 Å². The zero-order valence-corrected chi connectivity index (χ0v) is 10.2. The van der Waals surface area contributed by atoms with Gasteiger partial charge in [-0.15, -0.1) is 0 Å². The van der Waals surface area contributed by atoms with Crippen molar-refractivity contribution in [3.05, 3.63) is 0 Å². The van der Waals surface area contributed by atoms with Gasteiger partial charge >= 0.3 is 0 Å². The van der Waals surface area contributed by atoms with Crippen molar-refractivity contribution in [2.45, 2.75) is 52.7 Å². The van der Waals surface area contributed by atoms with Crippen molar-refractivity contribution in [2.75, 3.05) is 0 Å². The van der Waals surface area contributed by atoms with E-state index in [1.807, 2.05) is 0 Å². The topological polar surface area (TPSA) is 49.3 Å². The van der Waals surface area contributed by atoms with E-state index in [0.29, 0.717) is 17.8 Å². The summed E-state index contributed by atoms with van der Waals surface area (Å²) in [6.45, 7) is 8.02.